The molecule has 0 spiro atoms. The standard InChI is InChI=1S/C16H20Cl3NO7/c17-16(18,19)14(25)20-15(7-21,12-10(22)11(23)13(24)27-12)8-26-6-9-4-2-1-3-5-9/h1-5,10-13,21-24H,6-8H2,(H,20,25)/t10-,11-,12+,13?,15-/m1/s1. The zero-order valence-corrected chi connectivity index (χ0v) is 16.2. The van der Waals surface area contributed by atoms with Gasteiger partial charge in [0.15, 0.2) is 6.29 Å². The van der Waals surface area contributed by atoms with Gasteiger partial charge in [0, 0.05) is 0 Å². The molecule has 5 atom stereocenters. The predicted molar refractivity (Wildman–Crippen MR) is 97.2 cm³/mol. The third kappa shape index (κ3) is 5.44. The molecule has 1 aliphatic rings. The smallest absolute Gasteiger partial charge is 0.272 e. The van der Waals surface area contributed by atoms with Crippen LogP contribution in [-0.4, -0.2) is 73.5 Å². The number of carbonyl (C=O) groups is 1. The normalized spacial score (nSPS) is 28.0. The van der Waals surface area contributed by atoms with Gasteiger partial charge >= 0.3 is 0 Å². The second kappa shape index (κ2) is 9.21. The topological polar surface area (TPSA) is 128 Å². The van der Waals surface area contributed by atoms with E-state index in [-0.39, 0.29) is 13.2 Å². The maximum Gasteiger partial charge on any atom is 0.272 e. The Morgan fingerprint density at radius 2 is 1.78 bits per heavy atom. The first kappa shape index (κ1) is 22.6. The first-order valence-electron chi connectivity index (χ1n) is 7.92. The lowest BCUT2D eigenvalue weighted by Gasteiger charge is -2.39. The van der Waals surface area contributed by atoms with Crippen LogP contribution in [0, 0.1) is 0 Å². The number of aliphatic hydroxyl groups is 4. The van der Waals surface area contributed by atoms with E-state index >= 15 is 0 Å². The molecule has 8 nitrogen and oxygen atoms in total. The number of hydrogen-bond donors (Lipinski definition) is 5. The van der Waals surface area contributed by atoms with Crippen molar-refractivity contribution in [1.82, 2.24) is 5.32 Å². The highest BCUT2D eigenvalue weighted by Gasteiger charge is 2.55. The van der Waals surface area contributed by atoms with E-state index in [0.29, 0.717) is 0 Å². The number of carbonyl (C=O) groups excluding carboxylic acids is 1. The number of halogens is 3. The van der Waals surface area contributed by atoms with Crippen molar-refractivity contribution >= 4 is 40.7 Å². The van der Waals surface area contributed by atoms with Gasteiger partial charge in [0.25, 0.3) is 9.70 Å². The predicted octanol–water partition coefficient (Wildman–Crippen LogP) is -0.140. The molecule has 152 valence electrons. The maximum absolute atomic E-state index is 12.2. The lowest BCUT2D eigenvalue weighted by molar-refractivity contribution is -0.160. The molecule has 5 N–H and O–H groups in total. The van der Waals surface area contributed by atoms with Gasteiger partial charge in [0.05, 0.1) is 19.8 Å². The van der Waals surface area contributed by atoms with Crippen LogP contribution in [0.25, 0.3) is 0 Å². The Morgan fingerprint density at radius 1 is 1.15 bits per heavy atom. The zero-order valence-electron chi connectivity index (χ0n) is 14.0. The van der Waals surface area contributed by atoms with Crippen molar-refractivity contribution in [3.05, 3.63) is 35.9 Å². The van der Waals surface area contributed by atoms with E-state index in [0.717, 1.165) is 5.56 Å². The largest absolute Gasteiger partial charge is 0.394 e. The van der Waals surface area contributed by atoms with Crippen LogP contribution in [0.15, 0.2) is 30.3 Å². The Labute approximate surface area is 170 Å². The maximum atomic E-state index is 12.2. The summed E-state index contributed by atoms with van der Waals surface area (Å²) in [5.41, 5.74) is -0.988. The van der Waals surface area contributed by atoms with Crippen molar-refractivity contribution in [2.45, 2.75) is 40.5 Å². The molecule has 1 amide bonds. The van der Waals surface area contributed by atoms with E-state index < -0.39 is 46.4 Å². The molecular weight excluding hydrogens is 425 g/mol. The molecule has 1 fully saturated rings. The molecule has 1 aromatic rings. The Bertz CT molecular complexity index is 630. The average Bonchev–Trinajstić information content (AvgIpc) is 2.88. The van der Waals surface area contributed by atoms with Crippen molar-refractivity contribution in [3.8, 4) is 0 Å². The van der Waals surface area contributed by atoms with Gasteiger partial charge in [-0.2, -0.15) is 0 Å². The lowest BCUT2D eigenvalue weighted by Crippen LogP contribution is -2.66. The highest BCUT2D eigenvalue weighted by molar-refractivity contribution is 6.76. The summed E-state index contributed by atoms with van der Waals surface area (Å²) in [6, 6.07) is 9.04. The van der Waals surface area contributed by atoms with Gasteiger partial charge in [-0.15, -0.1) is 0 Å². The van der Waals surface area contributed by atoms with Gasteiger partial charge in [0.2, 0.25) is 0 Å². The van der Waals surface area contributed by atoms with Gasteiger partial charge in [-0.05, 0) is 5.56 Å². The molecule has 1 unspecified atom stereocenters. The average molecular weight is 445 g/mol. The molecule has 1 heterocycles. The van der Waals surface area contributed by atoms with Gasteiger partial charge in [-0.3, -0.25) is 4.79 Å². The molecule has 27 heavy (non-hydrogen) atoms. The number of alkyl halides is 3. The summed E-state index contributed by atoms with van der Waals surface area (Å²) in [5, 5.41) is 41.8. The summed E-state index contributed by atoms with van der Waals surface area (Å²) in [6.07, 6.45) is -6.45. The molecule has 1 saturated heterocycles. The summed E-state index contributed by atoms with van der Waals surface area (Å²) in [5.74, 6) is -1.10. The number of hydrogen-bond acceptors (Lipinski definition) is 7. The Kier molecular flexibility index (Phi) is 7.71. The lowest BCUT2D eigenvalue weighted by atomic mass is 9.89. The molecule has 0 saturated carbocycles. The van der Waals surface area contributed by atoms with Crippen LogP contribution >= 0.6 is 34.8 Å². The fourth-order valence-corrected chi connectivity index (χ4v) is 2.84. The van der Waals surface area contributed by atoms with Crippen LogP contribution < -0.4 is 5.32 Å². The minimum Gasteiger partial charge on any atom is -0.394 e. The summed E-state index contributed by atoms with van der Waals surface area (Å²) < 4.78 is 8.33. The zero-order chi connectivity index (χ0) is 20.2. The van der Waals surface area contributed by atoms with Gasteiger partial charge in [-0.1, -0.05) is 65.1 Å². The summed E-state index contributed by atoms with van der Waals surface area (Å²) >= 11 is 16.7. The van der Waals surface area contributed by atoms with Crippen LogP contribution in [0.1, 0.15) is 5.56 Å². The van der Waals surface area contributed by atoms with E-state index in [9.17, 15) is 25.2 Å². The minimum absolute atomic E-state index is 0.111. The van der Waals surface area contributed by atoms with Crippen molar-refractivity contribution < 1.29 is 34.7 Å². The van der Waals surface area contributed by atoms with E-state index in [1.807, 2.05) is 6.07 Å². The second-order valence-corrected chi connectivity index (χ2v) is 8.45. The van der Waals surface area contributed by atoms with E-state index in [1.165, 1.54) is 0 Å². The van der Waals surface area contributed by atoms with E-state index in [1.54, 1.807) is 24.3 Å². The quantitative estimate of drug-likeness (QED) is 0.370. The van der Waals surface area contributed by atoms with Crippen LogP contribution in [0.2, 0.25) is 0 Å². The molecule has 0 bridgehead atoms. The monoisotopic (exact) mass is 443 g/mol. The highest BCUT2D eigenvalue weighted by Crippen LogP contribution is 2.32. The molecule has 11 heteroatoms. The van der Waals surface area contributed by atoms with Crippen LogP contribution in [0.5, 0.6) is 0 Å². The first-order valence-corrected chi connectivity index (χ1v) is 9.05. The molecular formula is C16H20Cl3NO7. The molecule has 0 aromatic heterocycles. The minimum atomic E-state index is -2.36. The number of amides is 1. The third-order valence-corrected chi connectivity index (χ3v) is 4.67. The molecule has 0 aliphatic carbocycles. The number of nitrogens with one attached hydrogen (secondary N) is 1. The van der Waals surface area contributed by atoms with Crippen molar-refractivity contribution in [2.75, 3.05) is 13.2 Å². The number of aliphatic hydroxyl groups excluding tert-OH is 4. The number of ether oxygens (including phenoxy) is 2. The highest BCUT2D eigenvalue weighted by atomic mass is 35.6. The molecule has 2 rings (SSSR count). The van der Waals surface area contributed by atoms with E-state index in [4.69, 9.17) is 44.3 Å². The van der Waals surface area contributed by atoms with Crippen LogP contribution in [0.3, 0.4) is 0 Å². The SMILES string of the molecule is O=C(N[C@](CO)(COCc1ccccc1)[C@H]1OC(O)[C@H](O)[C@H]1O)C(Cl)(Cl)Cl. The van der Waals surface area contributed by atoms with Crippen molar-refractivity contribution in [3.63, 3.8) is 0 Å². The third-order valence-electron chi connectivity index (χ3n) is 4.16. The Hall–Kier alpha value is -0.680. The van der Waals surface area contributed by atoms with Crippen molar-refractivity contribution in [1.29, 1.82) is 0 Å². The molecule has 1 aromatic carbocycles. The Balaban J connectivity index is 2.21. The second-order valence-electron chi connectivity index (χ2n) is 6.17. The van der Waals surface area contributed by atoms with Crippen LogP contribution in [-0.2, 0) is 20.9 Å². The van der Waals surface area contributed by atoms with E-state index in [2.05, 4.69) is 5.32 Å². The molecule has 0 radical (unpaired) electrons. The van der Waals surface area contributed by atoms with Gasteiger partial charge in [0.1, 0.15) is 23.9 Å². The summed E-state index contributed by atoms with van der Waals surface area (Å²) in [6.45, 7) is -1.05. The van der Waals surface area contributed by atoms with Gasteiger partial charge in [-0.25, -0.2) is 0 Å². The fourth-order valence-electron chi connectivity index (χ4n) is 2.70. The first-order chi connectivity index (χ1) is 12.6. The van der Waals surface area contributed by atoms with Crippen LogP contribution in [0.4, 0.5) is 0 Å². The Morgan fingerprint density at radius 3 is 2.26 bits per heavy atom. The van der Waals surface area contributed by atoms with Crippen molar-refractivity contribution in [2.24, 2.45) is 0 Å². The molecule has 1 aliphatic heterocycles. The van der Waals surface area contributed by atoms with Gasteiger partial charge < -0.3 is 35.2 Å². The summed E-state index contributed by atoms with van der Waals surface area (Å²) in [4.78, 5) is 12.2. The number of benzene rings is 1. The fraction of sp³-hybridized carbons (Fsp3) is 0.562. The number of rotatable bonds is 7. The summed E-state index contributed by atoms with van der Waals surface area (Å²) in [7, 11) is 0.